The predicted molar refractivity (Wildman–Crippen MR) is 106 cm³/mol. The van der Waals surface area contributed by atoms with Gasteiger partial charge in [-0.1, -0.05) is 0 Å². The second kappa shape index (κ2) is 10.4. The van der Waals surface area contributed by atoms with Crippen LogP contribution in [-0.4, -0.2) is 60.8 Å². The third-order valence-electron chi connectivity index (χ3n) is 4.55. The fourth-order valence-corrected chi connectivity index (χ4v) is 2.90. The molecule has 0 radical (unpaired) electrons. The van der Waals surface area contributed by atoms with Gasteiger partial charge in [0.2, 0.25) is 0 Å². The highest BCUT2D eigenvalue weighted by Crippen LogP contribution is 2.18. The molecule has 1 aromatic rings. The molecule has 0 spiro atoms. The molecule has 27 heavy (non-hydrogen) atoms. The molecule has 1 aliphatic rings. The molecule has 0 bridgehead atoms. The highest BCUT2D eigenvalue weighted by atomic mass is 16.5. The van der Waals surface area contributed by atoms with Gasteiger partial charge in [-0.25, -0.2) is 0 Å². The lowest BCUT2D eigenvalue weighted by Crippen LogP contribution is -2.37. The molecule has 1 heterocycles. The molecular weight excluding hydrogens is 346 g/mol. The molecule has 0 saturated carbocycles. The lowest BCUT2D eigenvalue weighted by atomic mass is 9.98. The molecule has 2 rings (SSSR count). The summed E-state index contributed by atoms with van der Waals surface area (Å²) in [7, 11) is 0. The Morgan fingerprint density at radius 2 is 2.00 bits per heavy atom. The lowest BCUT2D eigenvalue weighted by Gasteiger charge is -2.30. The van der Waals surface area contributed by atoms with Crippen LogP contribution < -0.4 is 15.8 Å². The minimum atomic E-state index is -0.765. The van der Waals surface area contributed by atoms with Crippen LogP contribution in [0.15, 0.2) is 35.9 Å². The second-order valence-corrected chi connectivity index (χ2v) is 6.45. The fourth-order valence-electron chi connectivity index (χ4n) is 2.90. The third kappa shape index (κ3) is 6.50. The van der Waals surface area contributed by atoms with Gasteiger partial charge in [-0.15, -0.1) is 0 Å². The maximum Gasteiger partial charge on any atom is 0.252 e. The number of aliphatic hydroxyl groups is 1. The van der Waals surface area contributed by atoms with Crippen LogP contribution in [0, 0.1) is 16.7 Å². The number of amides is 1. The van der Waals surface area contributed by atoms with Gasteiger partial charge in [-0.3, -0.25) is 15.1 Å². The zero-order valence-corrected chi connectivity index (χ0v) is 15.3. The number of nitrogens with two attached hydrogens (primary N) is 1. The van der Waals surface area contributed by atoms with Gasteiger partial charge in [0.1, 0.15) is 18.2 Å². The SMILES string of the molecule is N=C/C=C(/C(=N)Nc1ccc(OCCN2CCC(CO)CC2)cc1)C(N)=O. The van der Waals surface area contributed by atoms with Crippen molar-refractivity contribution in [2.45, 2.75) is 12.8 Å². The molecule has 1 amide bonds. The number of allylic oxidation sites excluding steroid dienone is 1. The number of likely N-dealkylation sites (tertiary alicyclic amines) is 1. The number of nitrogens with zero attached hydrogens (tertiary/aromatic N) is 1. The number of nitrogens with one attached hydrogen (secondary N) is 3. The van der Waals surface area contributed by atoms with Crippen molar-refractivity contribution < 1.29 is 14.6 Å². The molecule has 6 N–H and O–H groups in total. The average Bonchev–Trinajstić information content (AvgIpc) is 2.67. The highest BCUT2D eigenvalue weighted by Gasteiger charge is 2.18. The van der Waals surface area contributed by atoms with Crippen LogP contribution in [0.3, 0.4) is 0 Å². The Morgan fingerprint density at radius 3 is 2.56 bits per heavy atom. The van der Waals surface area contributed by atoms with E-state index in [0.717, 1.165) is 44.4 Å². The summed E-state index contributed by atoms with van der Waals surface area (Å²) in [4.78, 5) is 13.6. The Hall–Kier alpha value is -2.71. The summed E-state index contributed by atoms with van der Waals surface area (Å²) in [5.74, 6) is 0.234. The molecule has 8 nitrogen and oxygen atoms in total. The molecule has 1 fully saturated rings. The van der Waals surface area contributed by atoms with E-state index in [2.05, 4.69) is 10.2 Å². The average molecular weight is 373 g/mol. The maximum atomic E-state index is 11.3. The predicted octanol–water partition coefficient (Wildman–Crippen LogP) is 1.22. The van der Waals surface area contributed by atoms with Crippen molar-refractivity contribution in [3.8, 4) is 5.75 Å². The number of carbonyl (C=O) groups excluding carboxylic acids is 1. The third-order valence-corrected chi connectivity index (χ3v) is 4.55. The van der Waals surface area contributed by atoms with Crippen LogP contribution in [0.1, 0.15) is 12.8 Å². The molecule has 1 aromatic carbocycles. The van der Waals surface area contributed by atoms with Crippen LogP contribution in [0.5, 0.6) is 5.75 Å². The van der Waals surface area contributed by atoms with E-state index in [1.165, 1.54) is 6.08 Å². The zero-order chi connectivity index (χ0) is 19.6. The van der Waals surface area contributed by atoms with E-state index in [9.17, 15) is 4.79 Å². The standard InChI is InChI=1S/C19H27N5O3/c20-8-5-17(19(22)26)18(21)23-15-1-3-16(4-2-15)27-12-11-24-9-6-14(13-25)7-10-24/h1-5,8,14,20,25H,6-7,9-13H2,(H2,21,23)(H2,22,26)/b17-5-,20-8?. The molecule has 1 saturated heterocycles. The van der Waals surface area contributed by atoms with Crippen LogP contribution >= 0.6 is 0 Å². The summed E-state index contributed by atoms with van der Waals surface area (Å²) in [5.41, 5.74) is 5.77. The largest absolute Gasteiger partial charge is 0.492 e. The van der Waals surface area contributed by atoms with E-state index >= 15 is 0 Å². The van der Waals surface area contributed by atoms with Gasteiger partial charge in [0, 0.05) is 25.1 Å². The highest BCUT2D eigenvalue weighted by molar-refractivity contribution is 6.24. The number of amidine groups is 1. The first kappa shape index (κ1) is 20.6. The first-order chi connectivity index (χ1) is 13.0. The summed E-state index contributed by atoms with van der Waals surface area (Å²) >= 11 is 0. The van der Waals surface area contributed by atoms with Crippen LogP contribution in [0.4, 0.5) is 5.69 Å². The number of ether oxygens (including phenoxy) is 1. The van der Waals surface area contributed by atoms with Crippen LogP contribution in [0.25, 0.3) is 0 Å². The van der Waals surface area contributed by atoms with Crippen molar-refractivity contribution in [1.29, 1.82) is 10.8 Å². The second-order valence-electron chi connectivity index (χ2n) is 6.45. The van der Waals surface area contributed by atoms with Gasteiger partial charge >= 0.3 is 0 Å². The summed E-state index contributed by atoms with van der Waals surface area (Å²) in [6, 6.07) is 7.08. The van der Waals surface area contributed by atoms with Crippen molar-refractivity contribution in [1.82, 2.24) is 4.90 Å². The topological polar surface area (TPSA) is 136 Å². The Bertz CT molecular complexity index is 679. The quantitative estimate of drug-likeness (QED) is 0.252. The molecule has 0 aromatic heterocycles. The first-order valence-electron chi connectivity index (χ1n) is 8.96. The molecule has 0 atom stereocenters. The van der Waals surface area contributed by atoms with E-state index in [1.807, 2.05) is 0 Å². The number of anilines is 1. The number of benzene rings is 1. The smallest absolute Gasteiger partial charge is 0.252 e. The van der Waals surface area contributed by atoms with Crippen LogP contribution in [0.2, 0.25) is 0 Å². The van der Waals surface area contributed by atoms with Crippen molar-refractivity contribution >= 4 is 23.6 Å². The van der Waals surface area contributed by atoms with E-state index < -0.39 is 5.91 Å². The Labute approximate surface area is 159 Å². The van der Waals surface area contributed by atoms with E-state index in [-0.39, 0.29) is 18.0 Å². The van der Waals surface area contributed by atoms with Gasteiger partial charge in [-0.05, 0) is 62.2 Å². The van der Waals surface area contributed by atoms with Crippen molar-refractivity contribution in [3.63, 3.8) is 0 Å². The van der Waals surface area contributed by atoms with Gasteiger partial charge < -0.3 is 26.3 Å². The van der Waals surface area contributed by atoms with Gasteiger partial charge in [0.25, 0.3) is 5.91 Å². The maximum absolute atomic E-state index is 11.3. The lowest BCUT2D eigenvalue weighted by molar-refractivity contribution is -0.114. The zero-order valence-electron chi connectivity index (χ0n) is 15.3. The van der Waals surface area contributed by atoms with E-state index in [4.69, 9.17) is 26.4 Å². The molecule has 0 aliphatic carbocycles. The Balaban J connectivity index is 1.78. The number of hydrogen-bond acceptors (Lipinski definition) is 6. The summed E-state index contributed by atoms with van der Waals surface area (Å²) in [6.45, 7) is 3.69. The Kier molecular flexibility index (Phi) is 7.97. The minimum Gasteiger partial charge on any atom is -0.492 e. The summed E-state index contributed by atoms with van der Waals surface area (Å²) < 4.78 is 5.76. The number of primary amides is 1. The molecule has 146 valence electrons. The summed E-state index contributed by atoms with van der Waals surface area (Å²) in [5, 5.41) is 26.9. The summed E-state index contributed by atoms with van der Waals surface area (Å²) in [6.07, 6.45) is 4.16. The first-order valence-corrected chi connectivity index (χ1v) is 8.96. The number of hydrogen-bond donors (Lipinski definition) is 5. The normalized spacial score (nSPS) is 16.0. The molecular formula is C19H27N5O3. The number of carbonyl (C=O) groups is 1. The Morgan fingerprint density at radius 1 is 1.33 bits per heavy atom. The van der Waals surface area contributed by atoms with Gasteiger partial charge in [0.15, 0.2) is 0 Å². The number of aliphatic hydroxyl groups excluding tert-OH is 1. The van der Waals surface area contributed by atoms with E-state index in [1.54, 1.807) is 24.3 Å². The van der Waals surface area contributed by atoms with Crippen molar-refractivity contribution in [2.75, 3.05) is 38.2 Å². The molecule has 0 unspecified atom stereocenters. The number of piperidine rings is 1. The van der Waals surface area contributed by atoms with Gasteiger partial charge in [0.05, 0.1) is 5.57 Å². The fraction of sp³-hybridized carbons (Fsp3) is 0.421. The molecule has 1 aliphatic heterocycles. The van der Waals surface area contributed by atoms with E-state index in [0.29, 0.717) is 18.2 Å². The monoisotopic (exact) mass is 373 g/mol. The van der Waals surface area contributed by atoms with Crippen molar-refractivity contribution in [2.24, 2.45) is 11.7 Å². The molecule has 8 heteroatoms. The van der Waals surface area contributed by atoms with Crippen molar-refractivity contribution in [3.05, 3.63) is 35.9 Å². The van der Waals surface area contributed by atoms with Crippen LogP contribution in [-0.2, 0) is 4.79 Å². The van der Waals surface area contributed by atoms with Gasteiger partial charge in [-0.2, -0.15) is 0 Å². The number of rotatable bonds is 9. The minimum absolute atomic E-state index is 0.0599.